The van der Waals surface area contributed by atoms with E-state index in [0.29, 0.717) is 12.4 Å². The van der Waals surface area contributed by atoms with Crippen molar-refractivity contribution in [2.45, 2.75) is 19.5 Å². The minimum Gasteiger partial charge on any atom is -0.383 e. The van der Waals surface area contributed by atoms with Crippen LogP contribution in [0.25, 0.3) is 10.8 Å². The molecule has 1 atom stereocenters. The van der Waals surface area contributed by atoms with Crippen LogP contribution in [0.3, 0.4) is 0 Å². The Balaban J connectivity index is 1.99. The molecule has 1 aromatic heterocycles. The Hall–Kier alpha value is -2.67. The van der Waals surface area contributed by atoms with Crippen LogP contribution in [0.2, 0.25) is 0 Å². The number of aromatic nitrogens is 1. The Kier molecular flexibility index (Phi) is 4.90. The zero-order chi connectivity index (χ0) is 16.1. The Labute approximate surface area is 128 Å². The fourth-order valence-corrected chi connectivity index (χ4v) is 2.07. The monoisotopic (exact) mass is 301 g/mol. The maximum absolute atomic E-state index is 11.9. The second kappa shape index (κ2) is 6.86. The van der Waals surface area contributed by atoms with Gasteiger partial charge in [-0.1, -0.05) is 12.1 Å². The molecular weight excluding hydrogens is 282 g/mol. The lowest BCUT2D eigenvalue weighted by Gasteiger charge is -2.13. The molecule has 0 fully saturated rings. The molecule has 0 aliphatic carbocycles. The number of hydrogen-bond donors (Lipinski definition) is 4. The van der Waals surface area contributed by atoms with Crippen molar-refractivity contribution in [1.82, 2.24) is 15.6 Å². The fourth-order valence-electron chi connectivity index (χ4n) is 2.07. The summed E-state index contributed by atoms with van der Waals surface area (Å²) in [5, 5.41) is 7.11. The second-order valence-corrected chi connectivity index (χ2v) is 4.96. The van der Waals surface area contributed by atoms with Crippen molar-refractivity contribution < 1.29 is 9.59 Å². The molecule has 0 saturated heterocycles. The molecule has 2 aromatic rings. The highest BCUT2D eigenvalue weighted by Crippen LogP contribution is 2.19. The number of nitrogen functional groups attached to an aromatic ring is 1. The first kappa shape index (κ1) is 15.7. The first-order valence-electron chi connectivity index (χ1n) is 6.91. The molecule has 7 nitrogen and oxygen atoms in total. The zero-order valence-electron chi connectivity index (χ0n) is 12.3. The predicted molar refractivity (Wildman–Crippen MR) is 84.7 cm³/mol. The first-order chi connectivity index (χ1) is 10.5. The Morgan fingerprint density at radius 1 is 1.32 bits per heavy atom. The molecule has 0 spiro atoms. The molecule has 0 aliphatic rings. The number of rotatable bonds is 5. The van der Waals surface area contributed by atoms with Crippen LogP contribution >= 0.6 is 0 Å². The zero-order valence-corrected chi connectivity index (χ0v) is 12.3. The smallest absolute Gasteiger partial charge is 0.242 e. The molecule has 7 heteroatoms. The summed E-state index contributed by atoms with van der Waals surface area (Å²) in [6.07, 6.45) is 1.64. The van der Waals surface area contributed by atoms with Gasteiger partial charge >= 0.3 is 0 Å². The molecular formula is C15H19N5O2. The van der Waals surface area contributed by atoms with E-state index in [1.165, 1.54) is 0 Å². The quantitative estimate of drug-likeness (QED) is 0.614. The Morgan fingerprint density at radius 2 is 2.09 bits per heavy atom. The van der Waals surface area contributed by atoms with Gasteiger partial charge in [-0.25, -0.2) is 4.98 Å². The molecule has 2 amide bonds. The predicted octanol–water partition coefficient (Wildman–Crippen LogP) is -0.103. The van der Waals surface area contributed by atoms with Crippen molar-refractivity contribution in [2.24, 2.45) is 5.73 Å². The molecule has 22 heavy (non-hydrogen) atoms. The van der Waals surface area contributed by atoms with E-state index in [9.17, 15) is 9.59 Å². The molecule has 0 radical (unpaired) electrons. The van der Waals surface area contributed by atoms with Gasteiger partial charge in [0.05, 0.1) is 6.54 Å². The van der Waals surface area contributed by atoms with Gasteiger partial charge in [0.25, 0.3) is 0 Å². The normalized spacial score (nSPS) is 11.9. The van der Waals surface area contributed by atoms with Gasteiger partial charge in [-0.15, -0.1) is 0 Å². The van der Waals surface area contributed by atoms with Gasteiger partial charge in [-0.05, 0) is 30.0 Å². The van der Waals surface area contributed by atoms with Crippen LogP contribution in [0.4, 0.5) is 5.82 Å². The number of anilines is 1. The Morgan fingerprint density at radius 3 is 2.82 bits per heavy atom. The minimum absolute atomic E-state index is 0.141. The van der Waals surface area contributed by atoms with Gasteiger partial charge in [0.15, 0.2) is 0 Å². The van der Waals surface area contributed by atoms with Crippen molar-refractivity contribution in [3.05, 3.63) is 36.0 Å². The molecule has 0 saturated carbocycles. The van der Waals surface area contributed by atoms with Crippen LogP contribution in [0.1, 0.15) is 12.5 Å². The number of amides is 2. The largest absolute Gasteiger partial charge is 0.383 e. The van der Waals surface area contributed by atoms with Gasteiger partial charge in [-0.3, -0.25) is 9.59 Å². The number of carbonyl (C=O) groups excluding carboxylic acids is 2. The van der Waals surface area contributed by atoms with Gasteiger partial charge < -0.3 is 22.1 Å². The number of nitrogens with one attached hydrogen (secondary N) is 2. The minimum atomic E-state index is -0.628. The average Bonchev–Trinajstić information content (AvgIpc) is 2.52. The standard InChI is InChI=1S/C15H19N5O2/c1-9(20-13(21)7-16)15(22)19-8-10-2-3-12-11(6-10)4-5-18-14(12)17/h2-6,9H,7-8,16H2,1H3,(H2,17,18)(H,19,22)(H,20,21). The van der Waals surface area contributed by atoms with E-state index in [2.05, 4.69) is 15.6 Å². The molecule has 116 valence electrons. The molecule has 0 aliphatic heterocycles. The second-order valence-electron chi connectivity index (χ2n) is 4.96. The summed E-state index contributed by atoms with van der Waals surface area (Å²) in [5.41, 5.74) is 11.9. The van der Waals surface area contributed by atoms with Crippen molar-refractivity contribution in [2.75, 3.05) is 12.3 Å². The van der Waals surface area contributed by atoms with Crippen LogP contribution in [0, 0.1) is 0 Å². The Bertz CT molecular complexity index is 701. The third-order valence-corrected chi connectivity index (χ3v) is 3.28. The lowest BCUT2D eigenvalue weighted by atomic mass is 10.1. The van der Waals surface area contributed by atoms with E-state index in [0.717, 1.165) is 16.3 Å². The number of nitrogens with two attached hydrogens (primary N) is 2. The van der Waals surface area contributed by atoms with E-state index < -0.39 is 6.04 Å². The topological polar surface area (TPSA) is 123 Å². The maximum Gasteiger partial charge on any atom is 0.242 e. The molecule has 6 N–H and O–H groups in total. The maximum atomic E-state index is 11.9. The average molecular weight is 301 g/mol. The van der Waals surface area contributed by atoms with Crippen LogP contribution in [-0.4, -0.2) is 29.4 Å². The van der Waals surface area contributed by atoms with Crippen molar-refractivity contribution in [1.29, 1.82) is 0 Å². The molecule has 0 bridgehead atoms. The van der Waals surface area contributed by atoms with Crippen LogP contribution in [0.15, 0.2) is 30.5 Å². The molecule has 2 rings (SSSR count). The van der Waals surface area contributed by atoms with Gasteiger partial charge in [0.2, 0.25) is 11.8 Å². The summed E-state index contributed by atoms with van der Waals surface area (Å²) in [6, 6.07) is 6.93. The van der Waals surface area contributed by atoms with Crippen molar-refractivity contribution in [3.8, 4) is 0 Å². The van der Waals surface area contributed by atoms with E-state index in [1.807, 2.05) is 24.3 Å². The highest BCUT2D eigenvalue weighted by atomic mass is 16.2. The van der Waals surface area contributed by atoms with Crippen LogP contribution in [0.5, 0.6) is 0 Å². The summed E-state index contributed by atoms with van der Waals surface area (Å²) >= 11 is 0. The third-order valence-electron chi connectivity index (χ3n) is 3.28. The number of nitrogens with zero attached hydrogens (tertiary/aromatic N) is 1. The SMILES string of the molecule is CC(NC(=O)CN)C(=O)NCc1ccc2c(N)nccc2c1. The van der Waals surface area contributed by atoms with Gasteiger partial charge in [-0.2, -0.15) is 0 Å². The van der Waals surface area contributed by atoms with Gasteiger partial charge in [0.1, 0.15) is 11.9 Å². The summed E-state index contributed by atoms with van der Waals surface area (Å²) in [4.78, 5) is 27.1. The summed E-state index contributed by atoms with van der Waals surface area (Å²) in [6.45, 7) is 1.83. The van der Waals surface area contributed by atoms with E-state index in [4.69, 9.17) is 11.5 Å². The first-order valence-corrected chi connectivity index (χ1v) is 6.91. The highest BCUT2D eigenvalue weighted by Gasteiger charge is 2.14. The number of carbonyl (C=O) groups is 2. The molecule has 1 unspecified atom stereocenters. The fraction of sp³-hybridized carbons (Fsp3) is 0.267. The van der Waals surface area contributed by atoms with E-state index in [-0.39, 0.29) is 18.4 Å². The lowest BCUT2D eigenvalue weighted by molar-refractivity contribution is -0.128. The van der Waals surface area contributed by atoms with E-state index >= 15 is 0 Å². The van der Waals surface area contributed by atoms with Gasteiger partial charge in [0, 0.05) is 18.1 Å². The van der Waals surface area contributed by atoms with Crippen molar-refractivity contribution >= 4 is 28.4 Å². The third kappa shape index (κ3) is 3.70. The van der Waals surface area contributed by atoms with Crippen molar-refractivity contribution in [3.63, 3.8) is 0 Å². The number of fused-ring (bicyclic) bond motifs is 1. The lowest BCUT2D eigenvalue weighted by Crippen LogP contribution is -2.46. The number of hydrogen-bond acceptors (Lipinski definition) is 5. The molecule has 1 aromatic carbocycles. The summed E-state index contributed by atoms with van der Waals surface area (Å²) in [7, 11) is 0. The summed E-state index contributed by atoms with van der Waals surface area (Å²) < 4.78 is 0. The highest BCUT2D eigenvalue weighted by molar-refractivity contribution is 5.91. The van der Waals surface area contributed by atoms with Crippen LogP contribution in [-0.2, 0) is 16.1 Å². The van der Waals surface area contributed by atoms with E-state index in [1.54, 1.807) is 13.1 Å². The summed E-state index contributed by atoms with van der Waals surface area (Å²) in [5.74, 6) is -0.154. The number of pyridine rings is 1. The number of benzene rings is 1. The van der Waals surface area contributed by atoms with Crippen LogP contribution < -0.4 is 22.1 Å². The molecule has 1 heterocycles.